The minimum Gasteiger partial charge on any atom is -0.366 e. The Hall–Kier alpha value is -3.40. The molecule has 3 aromatic rings. The fraction of sp³-hybridized carbons (Fsp3) is 0.0476. The SMILES string of the molecule is NC(=O)c1cccc(C(N)=O)c1C1=CCc2cccc3cccc1c23. The summed E-state index contributed by atoms with van der Waals surface area (Å²) in [6.07, 6.45) is 2.75. The molecule has 0 radical (unpaired) electrons. The van der Waals surface area contributed by atoms with Crippen LogP contribution in [0.25, 0.3) is 16.3 Å². The van der Waals surface area contributed by atoms with E-state index in [4.69, 9.17) is 11.5 Å². The molecule has 0 heterocycles. The number of nitrogens with two attached hydrogens (primary N) is 2. The van der Waals surface area contributed by atoms with Crippen LogP contribution in [-0.4, -0.2) is 11.8 Å². The van der Waals surface area contributed by atoms with E-state index in [1.54, 1.807) is 18.2 Å². The highest BCUT2D eigenvalue weighted by molar-refractivity contribution is 6.11. The zero-order valence-electron chi connectivity index (χ0n) is 13.5. The van der Waals surface area contributed by atoms with Crippen molar-refractivity contribution in [1.82, 2.24) is 0 Å². The van der Waals surface area contributed by atoms with E-state index in [1.165, 1.54) is 5.56 Å². The lowest BCUT2D eigenvalue weighted by atomic mass is 9.82. The minimum atomic E-state index is -0.579. The van der Waals surface area contributed by atoms with Crippen LogP contribution >= 0.6 is 0 Å². The molecule has 4 heteroatoms. The van der Waals surface area contributed by atoms with E-state index in [1.807, 2.05) is 24.3 Å². The molecule has 0 atom stereocenters. The van der Waals surface area contributed by atoms with Gasteiger partial charge in [-0.25, -0.2) is 0 Å². The summed E-state index contributed by atoms with van der Waals surface area (Å²) >= 11 is 0. The average Bonchev–Trinajstić information content (AvgIpc) is 2.62. The van der Waals surface area contributed by atoms with Crippen LogP contribution in [0.2, 0.25) is 0 Å². The van der Waals surface area contributed by atoms with Gasteiger partial charge in [-0.3, -0.25) is 9.59 Å². The van der Waals surface area contributed by atoms with E-state index in [9.17, 15) is 9.59 Å². The molecule has 25 heavy (non-hydrogen) atoms. The first-order chi connectivity index (χ1) is 12.1. The lowest BCUT2D eigenvalue weighted by Gasteiger charge is -2.22. The summed E-state index contributed by atoms with van der Waals surface area (Å²) in [5, 5.41) is 2.26. The van der Waals surface area contributed by atoms with Gasteiger partial charge in [0, 0.05) is 16.7 Å². The standard InChI is InChI=1S/C21H16N2O2/c22-20(24)16-8-3-9-17(21(23)25)19(16)15-11-10-13-5-1-4-12-6-2-7-14(15)18(12)13/h1-9,11H,10H2,(H2,22,24)(H2,23,25). The topological polar surface area (TPSA) is 86.2 Å². The molecular weight excluding hydrogens is 312 g/mol. The van der Waals surface area contributed by atoms with Crippen LogP contribution < -0.4 is 11.5 Å². The van der Waals surface area contributed by atoms with Gasteiger partial charge in [-0.15, -0.1) is 0 Å². The molecule has 0 bridgehead atoms. The highest BCUT2D eigenvalue weighted by Crippen LogP contribution is 2.38. The second-order valence-electron chi connectivity index (χ2n) is 6.10. The van der Waals surface area contributed by atoms with Crippen molar-refractivity contribution in [3.63, 3.8) is 0 Å². The maximum Gasteiger partial charge on any atom is 0.249 e. The summed E-state index contributed by atoms with van der Waals surface area (Å²) in [4.78, 5) is 23.9. The third-order valence-electron chi connectivity index (χ3n) is 4.67. The molecule has 2 amide bonds. The third kappa shape index (κ3) is 2.31. The lowest BCUT2D eigenvalue weighted by Crippen LogP contribution is -2.20. The molecule has 4 N–H and O–H groups in total. The van der Waals surface area contributed by atoms with Crippen molar-refractivity contribution >= 4 is 28.2 Å². The Labute approximate surface area is 144 Å². The number of carbonyl (C=O) groups is 2. The first-order valence-corrected chi connectivity index (χ1v) is 8.02. The Balaban J connectivity index is 2.07. The fourth-order valence-electron chi connectivity index (χ4n) is 3.63. The maximum absolute atomic E-state index is 12.0. The Kier molecular flexibility index (Phi) is 3.39. The molecule has 1 aliphatic rings. The average molecular weight is 328 g/mol. The molecule has 0 saturated heterocycles. The van der Waals surface area contributed by atoms with Gasteiger partial charge in [-0.05, 0) is 46.0 Å². The number of allylic oxidation sites excluding steroid dienone is 1. The molecule has 122 valence electrons. The molecule has 0 aliphatic heterocycles. The van der Waals surface area contributed by atoms with E-state index in [0.717, 1.165) is 28.3 Å². The van der Waals surface area contributed by atoms with Crippen LogP contribution in [0.4, 0.5) is 0 Å². The van der Waals surface area contributed by atoms with Gasteiger partial charge in [0.15, 0.2) is 0 Å². The molecule has 0 unspecified atom stereocenters. The fourth-order valence-corrected chi connectivity index (χ4v) is 3.63. The number of carbonyl (C=O) groups excluding carboxylic acids is 2. The molecule has 0 saturated carbocycles. The number of rotatable bonds is 3. The molecule has 1 aliphatic carbocycles. The predicted molar refractivity (Wildman–Crippen MR) is 98.2 cm³/mol. The number of hydrogen-bond acceptors (Lipinski definition) is 2. The van der Waals surface area contributed by atoms with Crippen molar-refractivity contribution in [2.45, 2.75) is 6.42 Å². The highest BCUT2D eigenvalue weighted by atomic mass is 16.1. The van der Waals surface area contributed by atoms with Crippen LogP contribution in [0.3, 0.4) is 0 Å². The summed E-state index contributed by atoms with van der Waals surface area (Å²) in [6.45, 7) is 0. The molecule has 4 nitrogen and oxygen atoms in total. The normalized spacial score (nSPS) is 12.7. The zero-order valence-corrected chi connectivity index (χ0v) is 13.5. The van der Waals surface area contributed by atoms with Gasteiger partial charge >= 0.3 is 0 Å². The largest absolute Gasteiger partial charge is 0.366 e. The van der Waals surface area contributed by atoms with Gasteiger partial charge in [-0.2, -0.15) is 0 Å². The lowest BCUT2D eigenvalue weighted by molar-refractivity contribution is 0.0999. The van der Waals surface area contributed by atoms with Crippen molar-refractivity contribution in [3.05, 3.63) is 88.5 Å². The summed E-state index contributed by atoms with van der Waals surface area (Å²) in [5.74, 6) is -1.16. The zero-order chi connectivity index (χ0) is 17.6. The van der Waals surface area contributed by atoms with E-state index in [0.29, 0.717) is 16.7 Å². The smallest absolute Gasteiger partial charge is 0.249 e. The van der Waals surface area contributed by atoms with Gasteiger partial charge in [0.1, 0.15) is 0 Å². The Bertz CT molecular complexity index is 1040. The number of hydrogen-bond donors (Lipinski definition) is 2. The van der Waals surface area contributed by atoms with E-state index >= 15 is 0 Å². The first-order valence-electron chi connectivity index (χ1n) is 8.02. The second kappa shape index (κ2) is 5.60. The monoisotopic (exact) mass is 328 g/mol. The molecule has 4 rings (SSSR count). The number of primary amides is 2. The number of amides is 2. The van der Waals surface area contributed by atoms with Crippen LogP contribution in [-0.2, 0) is 6.42 Å². The predicted octanol–water partition coefficient (Wildman–Crippen LogP) is 3.03. The molecule has 3 aromatic carbocycles. The molecule has 0 spiro atoms. The van der Waals surface area contributed by atoms with E-state index in [-0.39, 0.29) is 0 Å². The first kappa shape index (κ1) is 15.1. The van der Waals surface area contributed by atoms with Gasteiger partial charge in [-0.1, -0.05) is 48.5 Å². The quantitative estimate of drug-likeness (QED) is 0.774. The number of benzene rings is 3. The molecule has 0 fully saturated rings. The summed E-state index contributed by atoms with van der Waals surface area (Å²) in [7, 11) is 0. The summed E-state index contributed by atoms with van der Waals surface area (Å²) in [6, 6.07) is 17.1. The Morgan fingerprint density at radius 1 is 0.800 bits per heavy atom. The van der Waals surface area contributed by atoms with Gasteiger partial charge in [0.05, 0.1) is 0 Å². The van der Waals surface area contributed by atoms with Crippen molar-refractivity contribution in [2.75, 3.05) is 0 Å². The van der Waals surface area contributed by atoms with Gasteiger partial charge in [0.25, 0.3) is 0 Å². The highest BCUT2D eigenvalue weighted by Gasteiger charge is 2.23. The molecule has 0 aromatic heterocycles. The van der Waals surface area contributed by atoms with Gasteiger partial charge in [0.2, 0.25) is 11.8 Å². The Morgan fingerprint density at radius 2 is 1.40 bits per heavy atom. The van der Waals surface area contributed by atoms with Crippen LogP contribution in [0.15, 0.2) is 60.7 Å². The summed E-state index contributed by atoms with van der Waals surface area (Å²) in [5.41, 5.74) is 15.3. The van der Waals surface area contributed by atoms with Crippen LogP contribution in [0.1, 0.15) is 37.4 Å². The van der Waals surface area contributed by atoms with Gasteiger partial charge < -0.3 is 11.5 Å². The Morgan fingerprint density at radius 3 is 2.04 bits per heavy atom. The van der Waals surface area contributed by atoms with Crippen molar-refractivity contribution < 1.29 is 9.59 Å². The van der Waals surface area contributed by atoms with E-state index in [2.05, 4.69) is 18.2 Å². The second-order valence-corrected chi connectivity index (χ2v) is 6.10. The van der Waals surface area contributed by atoms with Crippen molar-refractivity contribution in [1.29, 1.82) is 0 Å². The summed E-state index contributed by atoms with van der Waals surface area (Å²) < 4.78 is 0. The third-order valence-corrected chi connectivity index (χ3v) is 4.67. The van der Waals surface area contributed by atoms with Crippen LogP contribution in [0, 0.1) is 0 Å². The van der Waals surface area contributed by atoms with Crippen molar-refractivity contribution in [2.24, 2.45) is 11.5 Å². The maximum atomic E-state index is 12.0. The molecular formula is C21H16N2O2. The van der Waals surface area contributed by atoms with E-state index < -0.39 is 11.8 Å². The van der Waals surface area contributed by atoms with Crippen LogP contribution in [0.5, 0.6) is 0 Å². The van der Waals surface area contributed by atoms with Crippen molar-refractivity contribution in [3.8, 4) is 0 Å². The minimum absolute atomic E-state index is 0.305.